The van der Waals surface area contributed by atoms with E-state index >= 15 is 4.39 Å². The summed E-state index contributed by atoms with van der Waals surface area (Å²) in [5, 5.41) is 17.3. The third kappa shape index (κ3) is 3.26. The Morgan fingerprint density at radius 3 is 2.89 bits per heavy atom. The lowest BCUT2D eigenvalue weighted by molar-refractivity contribution is 0.0919. The third-order valence-corrected chi connectivity index (χ3v) is 9.22. The summed E-state index contributed by atoms with van der Waals surface area (Å²) >= 11 is 1.24. The number of carbonyl (C=O) groups is 1. The van der Waals surface area contributed by atoms with Crippen LogP contribution in [0.5, 0.6) is 5.75 Å². The fraction of sp³-hybridized carbons (Fsp3) is 0.423. The average molecular weight is 505 g/mol. The number of amides is 1. The number of ether oxygens (including phenoxy) is 1. The Labute approximate surface area is 211 Å². The summed E-state index contributed by atoms with van der Waals surface area (Å²) in [4.78, 5) is 20.7. The lowest BCUT2D eigenvalue weighted by Gasteiger charge is -2.38. The number of thiophene rings is 1. The van der Waals surface area contributed by atoms with E-state index in [1.165, 1.54) is 23.8 Å². The number of fused-ring (bicyclic) bond motifs is 7. The molecule has 3 aliphatic heterocycles. The van der Waals surface area contributed by atoms with Crippen molar-refractivity contribution in [2.45, 2.75) is 37.9 Å². The number of nitriles is 1. The topological polar surface area (TPSA) is 116 Å². The first-order valence-corrected chi connectivity index (χ1v) is 13.1. The smallest absolute Gasteiger partial charge is 0.263 e. The maximum absolute atomic E-state index is 15.4. The van der Waals surface area contributed by atoms with E-state index in [2.05, 4.69) is 26.6 Å². The van der Waals surface area contributed by atoms with Gasteiger partial charge in [0, 0.05) is 48.2 Å². The molecule has 1 aromatic carbocycles. The first kappa shape index (κ1) is 21.8. The molecule has 5 atom stereocenters. The molecular weight excluding hydrogens is 479 g/mol. The molecule has 2 aromatic heterocycles. The molecule has 1 aliphatic carbocycles. The fourth-order valence-corrected chi connectivity index (χ4v) is 7.30. The van der Waals surface area contributed by atoms with E-state index < -0.39 is 11.9 Å². The zero-order chi connectivity index (χ0) is 24.7. The van der Waals surface area contributed by atoms with Crippen LogP contribution in [0.1, 0.15) is 32.9 Å². The van der Waals surface area contributed by atoms with Crippen LogP contribution in [0.15, 0.2) is 18.2 Å². The second-order valence-electron chi connectivity index (χ2n) is 10.4. The summed E-state index contributed by atoms with van der Waals surface area (Å²) in [5.74, 6) is 0.981. The van der Waals surface area contributed by atoms with Gasteiger partial charge in [-0.2, -0.15) is 5.26 Å². The van der Waals surface area contributed by atoms with Crippen LogP contribution in [0.25, 0.3) is 10.2 Å². The van der Waals surface area contributed by atoms with Gasteiger partial charge in [-0.15, -0.1) is 11.3 Å². The Morgan fingerprint density at radius 1 is 1.36 bits per heavy atom. The Bertz CT molecular complexity index is 1470. The third-order valence-electron chi connectivity index (χ3n) is 8.10. The zero-order valence-electron chi connectivity index (χ0n) is 19.7. The van der Waals surface area contributed by atoms with E-state index in [0.29, 0.717) is 61.9 Å². The van der Waals surface area contributed by atoms with Crippen LogP contribution < -0.4 is 26.0 Å². The molecule has 184 valence electrons. The van der Waals surface area contributed by atoms with E-state index in [4.69, 9.17) is 10.5 Å². The number of aryl methyl sites for hydroxylation is 1. The van der Waals surface area contributed by atoms with Crippen molar-refractivity contribution in [3.05, 3.63) is 45.7 Å². The maximum atomic E-state index is 15.4. The molecule has 0 spiro atoms. The van der Waals surface area contributed by atoms with Gasteiger partial charge in [0.15, 0.2) is 0 Å². The summed E-state index contributed by atoms with van der Waals surface area (Å²) < 4.78 is 21.4. The second-order valence-corrected chi connectivity index (χ2v) is 11.4. The lowest BCUT2D eigenvalue weighted by atomic mass is 9.96. The van der Waals surface area contributed by atoms with Crippen molar-refractivity contribution >= 4 is 38.8 Å². The van der Waals surface area contributed by atoms with Crippen LogP contribution in [0.2, 0.25) is 0 Å². The zero-order valence-corrected chi connectivity index (χ0v) is 20.5. The molecule has 4 N–H and O–H groups in total. The van der Waals surface area contributed by atoms with Gasteiger partial charge in [0.25, 0.3) is 5.91 Å². The van der Waals surface area contributed by atoms with E-state index in [-0.39, 0.29) is 18.9 Å². The van der Waals surface area contributed by atoms with Gasteiger partial charge in [-0.3, -0.25) is 4.79 Å². The van der Waals surface area contributed by atoms with Gasteiger partial charge in [-0.25, -0.2) is 9.37 Å². The predicted octanol–water partition coefficient (Wildman–Crippen LogP) is 2.73. The lowest BCUT2D eigenvalue weighted by Crippen LogP contribution is -2.54. The van der Waals surface area contributed by atoms with Crippen LogP contribution in [0.3, 0.4) is 0 Å². The molecule has 7 rings (SSSR count). The molecule has 2 bridgehead atoms. The van der Waals surface area contributed by atoms with E-state index in [9.17, 15) is 10.1 Å². The largest absolute Gasteiger partial charge is 0.490 e. The highest BCUT2D eigenvalue weighted by atomic mass is 32.1. The number of anilines is 2. The van der Waals surface area contributed by atoms with E-state index in [1.807, 2.05) is 19.1 Å². The summed E-state index contributed by atoms with van der Waals surface area (Å²) in [5.41, 5.74) is 8.78. The minimum Gasteiger partial charge on any atom is -0.490 e. The molecule has 8 nitrogen and oxygen atoms in total. The molecule has 0 radical (unpaired) electrons. The normalized spacial score (nSPS) is 27.7. The number of pyridine rings is 1. The fourth-order valence-electron chi connectivity index (χ4n) is 6.26. The molecule has 3 aromatic rings. The van der Waals surface area contributed by atoms with Crippen LogP contribution >= 0.6 is 11.3 Å². The number of nitrogens with one attached hydrogen (secondary N) is 2. The number of hydrogen-bond acceptors (Lipinski definition) is 8. The number of carbonyl (C=O) groups excluding carboxylic acids is 1. The van der Waals surface area contributed by atoms with Gasteiger partial charge in [-0.1, -0.05) is 0 Å². The number of benzene rings is 1. The number of hydrogen-bond donors (Lipinski definition) is 3. The first-order valence-electron chi connectivity index (χ1n) is 12.3. The molecule has 5 heterocycles. The maximum Gasteiger partial charge on any atom is 0.263 e. The van der Waals surface area contributed by atoms with E-state index in [1.54, 1.807) is 0 Å². The minimum absolute atomic E-state index is 0.148. The number of piperidine rings is 1. The van der Waals surface area contributed by atoms with Crippen molar-refractivity contribution in [1.29, 1.82) is 5.26 Å². The van der Waals surface area contributed by atoms with Gasteiger partial charge < -0.3 is 26.0 Å². The van der Waals surface area contributed by atoms with Crippen molar-refractivity contribution in [3.8, 4) is 11.8 Å². The molecule has 4 unspecified atom stereocenters. The molecular formula is C26H25FN6O2S. The number of rotatable bonds is 3. The summed E-state index contributed by atoms with van der Waals surface area (Å²) in [6.45, 7) is 3.58. The van der Waals surface area contributed by atoms with Crippen molar-refractivity contribution in [2.75, 3.05) is 30.3 Å². The van der Waals surface area contributed by atoms with Gasteiger partial charge in [0.1, 0.15) is 39.5 Å². The summed E-state index contributed by atoms with van der Waals surface area (Å²) in [6, 6.07) is 7.82. The number of nitrogens with two attached hydrogens (primary N) is 1. The molecule has 3 fully saturated rings. The highest BCUT2D eigenvalue weighted by Crippen LogP contribution is 2.52. The number of halogens is 1. The van der Waals surface area contributed by atoms with Crippen LogP contribution in [-0.2, 0) is 6.42 Å². The van der Waals surface area contributed by atoms with Gasteiger partial charge in [0.2, 0.25) is 0 Å². The Balaban J connectivity index is 1.13. The molecule has 2 saturated heterocycles. The second kappa shape index (κ2) is 7.79. The van der Waals surface area contributed by atoms with Gasteiger partial charge >= 0.3 is 0 Å². The van der Waals surface area contributed by atoms with Crippen molar-refractivity contribution in [1.82, 2.24) is 15.6 Å². The van der Waals surface area contributed by atoms with E-state index in [0.717, 1.165) is 24.2 Å². The average Bonchev–Trinajstić information content (AvgIpc) is 3.56. The van der Waals surface area contributed by atoms with Crippen LogP contribution in [0, 0.1) is 35.9 Å². The van der Waals surface area contributed by atoms with Gasteiger partial charge in [0.05, 0.1) is 17.4 Å². The SMILES string of the molecule is Cc1ccc2c(N)c(C(=O)N[C@H]3COc4c(C#N)c(N5CC6NC(C5)C5CC65)cc(F)c4C3)sc2n1. The first-order chi connectivity index (χ1) is 17.4. The number of nitrogens with zero attached hydrogens (tertiary/aromatic N) is 3. The Morgan fingerprint density at radius 2 is 2.14 bits per heavy atom. The minimum atomic E-state index is -0.446. The number of aromatic nitrogens is 1. The van der Waals surface area contributed by atoms with Crippen molar-refractivity contribution in [3.63, 3.8) is 0 Å². The molecule has 4 aliphatic rings. The van der Waals surface area contributed by atoms with Crippen LogP contribution in [0.4, 0.5) is 15.8 Å². The molecule has 10 heteroatoms. The quantitative estimate of drug-likeness (QED) is 0.502. The van der Waals surface area contributed by atoms with Crippen molar-refractivity contribution in [2.24, 2.45) is 11.8 Å². The summed E-state index contributed by atoms with van der Waals surface area (Å²) in [6.07, 6.45) is 1.51. The molecule has 1 amide bonds. The number of piperazine rings is 1. The standard InChI is InChI=1S/C26H25FN6O2S/c1-11-2-3-13-22(29)24(36-26(13)30-11)25(34)31-12-4-16-18(27)6-21(17(7-28)23(16)35-10-12)33-8-19-14-5-15(14)20(9-33)32-19/h2-3,6,12,14-15,19-20,32H,4-5,8-10,29H2,1H3,(H,31,34)/t12-,14?,15?,19?,20?/m1/s1. The number of nitrogen functional groups attached to an aromatic ring is 1. The molecule has 36 heavy (non-hydrogen) atoms. The highest BCUT2D eigenvalue weighted by molar-refractivity contribution is 7.21. The summed E-state index contributed by atoms with van der Waals surface area (Å²) in [7, 11) is 0. The molecule has 1 saturated carbocycles. The van der Waals surface area contributed by atoms with Gasteiger partial charge in [-0.05, 0) is 43.4 Å². The van der Waals surface area contributed by atoms with Crippen LogP contribution in [-0.4, -0.2) is 48.7 Å². The Hall–Kier alpha value is -3.42. The monoisotopic (exact) mass is 504 g/mol. The predicted molar refractivity (Wildman–Crippen MR) is 135 cm³/mol. The highest BCUT2D eigenvalue weighted by Gasteiger charge is 2.57. The Kier molecular flexibility index (Phi) is 4.72. The van der Waals surface area contributed by atoms with Crippen molar-refractivity contribution < 1.29 is 13.9 Å².